The fourth-order valence-corrected chi connectivity index (χ4v) is 1.97. The number of rotatable bonds is 4. The summed E-state index contributed by atoms with van der Waals surface area (Å²) in [5.74, 6) is -0.886. The lowest BCUT2D eigenvalue weighted by molar-refractivity contribution is -0.165. The van der Waals surface area contributed by atoms with Crippen LogP contribution < -0.4 is 0 Å². The van der Waals surface area contributed by atoms with Crippen LogP contribution in [0.5, 0.6) is 0 Å². The van der Waals surface area contributed by atoms with E-state index in [1.165, 1.54) is 0 Å². The summed E-state index contributed by atoms with van der Waals surface area (Å²) in [6.07, 6.45) is 0.423. The zero-order valence-electron chi connectivity index (χ0n) is 10.3. The maximum atomic E-state index is 11.6. The molecule has 0 radical (unpaired) electrons. The van der Waals surface area contributed by atoms with Gasteiger partial charge in [0, 0.05) is 12.8 Å². The van der Waals surface area contributed by atoms with Crippen molar-refractivity contribution in [2.24, 2.45) is 5.92 Å². The number of carbonyl (C=O) groups excluding carboxylic acids is 2. The number of aliphatic hydroxyl groups excluding tert-OH is 1. The molecule has 1 aliphatic rings. The Balaban J connectivity index is 2.52. The van der Waals surface area contributed by atoms with Crippen LogP contribution in [-0.2, 0) is 19.1 Å². The van der Waals surface area contributed by atoms with Crippen molar-refractivity contribution in [1.82, 2.24) is 0 Å². The molecule has 0 bridgehead atoms. The maximum absolute atomic E-state index is 11.6. The molecule has 0 spiro atoms. The van der Waals surface area contributed by atoms with Crippen LogP contribution in [0.25, 0.3) is 0 Å². The molecule has 0 aromatic rings. The molecule has 98 valence electrons. The lowest BCUT2D eigenvalue weighted by Crippen LogP contribution is -2.40. The molecule has 0 aliphatic heterocycles. The number of ether oxygens (including phenoxy) is 2. The monoisotopic (exact) mass is 244 g/mol. The third kappa shape index (κ3) is 4.00. The summed E-state index contributed by atoms with van der Waals surface area (Å²) < 4.78 is 10.0. The fraction of sp³-hybridized carbons (Fsp3) is 0.833. The van der Waals surface area contributed by atoms with Gasteiger partial charge in [-0.25, -0.2) is 0 Å². The minimum Gasteiger partial charge on any atom is -0.466 e. The highest BCUT2D eigenvalue weighted by atomic mass is 16.6. The molecule has 3 unspecified atom stereocenters. The average molecular weight is 244 g/mol. The van der Waals surface area contributed by atoms with E-state index in [2.05, 4.69) is 0 Å². The van der Waals surface area contributed by atoms with E-state index in [1.54, 1.807) is 13.8 Å². The van der Waals surface area contributed by atoms with Gasteiger partial charge in [-0.05, 0) is 19.8 Å². The van der Waals surface area contributed by atoms with Crippen LogP contribution in [0, 0.1) is 5.92 Å². The van der Waals surface area contributed by atoms with Crippen molar-refractivity contribution in [2.45, 2.75) is 51.7 Å². The summed E-state index contributed by atoms with van der Waals surface area (Å²) in [6.45, 7) is 3.79. The van der Waals surface area contributed by atoms with Gasteiger partial charge in [0.2, 0.25) is 0 Å². The van der Waals surface area contributed by atoms with Gasteiger partial charge >= 0.3 is 11.9 Å². The van der Waals surface area contributed by atoms with E-state index in [4.69, 9.17) is 9.47 Å². The lowest BCUT2D eigenvalue weighted by atomic mass is 9.85. The molecule has 0 aromatic carbocycles. The van der Waals surface area contributed by atoms with E-state index in [1.807, 2.05) is 0 Å². The van der Waals surface area contributed by atoms with Crippen molar-refractivity contribution in [3.63, 3.8) is 0 Å². The standard InChI is InChI=1S/C12H20O5/c1-3-11(14)17-10-7-8(5-6-9(10)13)12(15)16-4-2/h8-10,13H,3-7H2,1-2H3. The van der Waals surface area contributed by atoms with Crippen LogP contribution >= 0.6 is 0 Å². The van der Waals surface area contributed by atoms with Gasteiger partial charge in [-0.2, -0.15) is 0 Å². The van der Waals surface area contributed by atoms with E-state index in [9.17, 15) is 14.7 Å². The smallest absolute Gasteiger partial charge is 0.309 e. The SMILES string of the molecule is CCOC(=O)C1CCC(O)C(OC(=O)CC)C1. The number of carbonyl (C=O) groups is 2. The molecular formula is C12H20O5. The minimum atomic E-state index is -0.670. The molecule has 1 rings (SSSR count). The summed E-state index contributed by atoms with van der Waals surface area (Å²) in [6, 6.07) is 0. The molecule has 5 nitrogen and oxygen atoms in total. The minimum absolute atomic E-state index is 0.267. The Bertz CT molecular complexity index is 276. The first-order valence-corrected chi connectivity index (χ1v) is 6.12. The second-order valence-corrected chi connectivity index (χ2v) is 4.21. The van der Waals surface area contributed by atoms with Gasteiger partial charge in [0.15, 0.2) is 0 Å². The van der Waals surface area contributed by atoms with Gasteiger partial charge in [0.25, 0.3) is 0 Å². The number of hydrogen-bond donors (Lipinski definition) is 1. The molecule has 3 atom stereocenters. The van der Waals surface area contributed by atoms with Gasteiger partial charge < -0.3 is 14.6 Å². The maximum Gasteiger partial charge on any atom is 0.309 e. The van der Waals surface area contributed by atoms with Crippen molar-refractivity contribution >= 4 is 11.9 Å². The Morgan fingerprint density at radius 1 is 1.29 bits per heavy atom. The van der Waals surface area contributed by atoms with Crippen molar-refractivity contribution in [1.29, 1.82) is 0 Å². The number of esters is 2. The van der Waals surface area contributed by atoms with Crippen molar-refractivity contribution in [3.05, 3.63) is 0 Å². The van der Waals surface area contributed by atoms with Gasteiger partial charge in [-0.3, -0.25) is 9.59 Å². The highest BCUT2D eigenvalue weighted by Gasteiger charge is 2.35. The average Bonchev–Trinajstić information content (AvgIpc) is 2.32. The first-order valence-electron chi connectivity index (χ1n) is 6.12. The third-order valence-corrected chi connectivity index (χ3v) is 2.95. The van der Waals surface area contributed by atoms with Gasteiger partial charge in [0.05, 0.1) is 18.6 Å². The fourth-order valence-electron chi connectivity index (χ4n) is 1.97. The van der Waals surface area contributed by atoms with Crippen molar-refractivity contribution in [3.8, 4) is 0 Å². The summed E-state index contributed by atoms with van der Waals surface area (Å²) >= 11 is 0. The molecule has 5 heteroatoms. The summed E-state index contributed by atoms with van der Waals surface area (Å²) in [4.78, 5) is 22.7. The normalized spacial score (nSPS) is 28.5. The topological polar surface area (TPSA) is 72.8 Å². The van der Waals surface area contributed by atoms with E-state index in [-0.39, 0.29) is 24.3 Å². The molecular weight excluding hydrogens is 224 g/mol. The van der Waals surface area contributed by atoms with Crippen LogP contribution in [-0.4, -0.2) is 35.9 Å². The highest BCUT2D eigenvalue weighted by molar-refractivity contribution is 5.73. The van der Waals surface area contributed by atoms with Crippen molar-refractivity contribution in [2.75, 3.05) is 6.61 Å². The Morgan fingerprint density at radius 3 is 2.59 bits per heavy atom. The van der Waals surface area contributed by atoms with E-state index in [0.717, 1.165) is 0 Å². The van der Waals surface area contributed by atoms with Crippen LogP contribution in [0.1, 0.15) is 39.5 Å². The molecule has 1 fully saturated rings. The third-order valence-electron chi connectivity index (χ3n) is 2.95. The first-order chi connectivity index (χ1) is 8.08. The van der Waals surface area contributed by atoms with Gasteiger partial charge in [0.1, 0.15) is 6.10 Å². The van der Waals surface area contributed by atoms with Crippen LogP contribution in [0.3, 0.4) is 0 Å². The van der Waals surface area contributed by atoms with Gasteiger partial charge in [-0.15, -0.1) is 0 Å². The largest absolute Gasteiger partial charge is 0.466 e. The molecule has 1 aliphatic carbocycles. The zero-order chi connectivity index (χ0) is 12.8. The molecule has 1 saturated carbocycles. The van der Waals surface area contributed by atoms with E-state index >= 15 is 0 Å². The molecule has 0 heterocycles. The van der Waals surface area contributed by atoms with Crippen LogP contribution in [0.15, 0.2) is 0 Å². The van der Waals surface area contributed by atoms with Gasteiger partial charge in [-0.1, -0.05) is 6.92 Å². The zero-order valence-corrected chi connectivity index (χ0v) is 10.3. The number of aliphatic hydroxyl groups is 1. The quantitative estimate of drug-likeness (QED) is 0.748. The highest BCUT2D eigenvalue weighted by Crippen LogP contribution is 2.28. The Kier molecular flexibility index (Phi) is 5.41. The van der Waals surface area contributed by atoms with Crippen molar-refractivity contribution < 1.29 is 24.2 Å². The summed E-state index contributed by atoms with van der Waals surface area (Å²) in [5.41, 5.74) is 0. The second kappa shape index (κ2) is 6.59. The summed E-state index contributed by atoms with van der Waals surface area (Å²) in [7, 11) is 0. The Labute approximate surface area is 101 Å². The van der Waals surface area contributed by atoms with E-state index < -0.39 is 12.2 Å². The number of hydrogen-bond acceptors (Lipinski definition) is 5. The Morgan fingerprint density at radius 2 is 2.00 bits per heavy atom. The molecule has 17 heavy (non-hydrogen) atoms. The Hall–Kier alpha value is -1.10. The molecule has 1 N–H and O–H groups in total. The predicted molar refractivity (Wildman–Crippen MR) is 60.2 cm³/mol. The molecule has 0 saturated heterocycles. The van der Waals surface area contributed by atoms with Crippen LogP contribution in [0.4, 0.5) is 0 Å². The predicted octanol–water partition coefficient (Wildman–Crippen LogP) is 1.03. The van der Waals surface area contributed by atoms with Crippen LogP contribution in [0.2, 0.25) is 0 Å². The summed E-state index contributed by atoms with van der Waals surface area (Å²) in [5, 5.41) is 9.71. The lowest BCUT2D eigenvalue weighted by Gasteiger charge is -2.31. The first kappa shape index (κ1) is 14.0. The molecule has 0 amide bonds. The van der Waals surface area contributed by atoms with E-state index in [0.29, 0.717) is 25.9 Å². The second-order valence-electron chi connectivity index (χ2n) is 4.21. The molecule has 0 aromatic heterocycles.